The van der Waals surface area contributed by atoms with Crippen LogP contribution in [0.25, 0.3) is 6.08 Å². The number of hydrogen-bond acceptors (Lipinski definition) is 5. The van der Waals surface area contributed by atoms with Crippen molar-refractivity contribution in [3.8, 4) is 5.75 Å². The number of carbonyl (C=O) groups is 1. The Balaban J connectivity index is 1.85. The number of ether oxygens (including phenoxy) is 1. The highest BCUT2D eigenvalue weighted by Gasteiger charge is 2.20. The van der Waals surface area contributed by atoms with Crippen LogP contribution in [-0.2, 0) is 11.8 Å². The van der Waals surface area contributed by atoms with E-state index in [2.05, 4.69) is 15.3 Å². The molecule has 1 atom stereocenters. The van der Waals surface area contributed by atoms with Gasteiger partial charge in [-0.3, -0.25) is 4.79 Å². The molecule has 6 nitrogen and oxygen atoms in total. The van der Waals surface area contributed by atoms with E-state index >= 15 is 0 Å². The zero-order valence-corrected chi connectivity index (χ0v) is 15.7. The number of thiazole rings is 1. The summed E-state index contributed by atoms with van der Waals surface area (Å²) in [5.41, 5.74) is 1.67. The molecule has 3 aromatic rings. The van der Waals surface area contributed by atoms with Crippen molar-refractivity contribution in [2.75, 3.05) is 7.11 Å². The number of carbonyl (C=O) groups excluding carboxylic acids is 1. The van der Waals surface area contributed by atoms with E-state index < -0.39 is 0 Å². The maximum Gasteiger partial charge on any atom is 0.244 e. The third-order valence-electron chi connectivity index (χ3n) is 3.87. The van der Waals surface area contributed by atoms with Gasteiger partial charge in [0.15, 0.2) is 0 Å². The van der Waals surface area contributed by atoms with Crippen LogP contribution in [-0.4, -0.2) is 27.6 Å². The molecule has 0 spiro atoms. The second-order valence-corrected chi connectivity index (χ2v) is 6.80. The van der Waals surface area contributed by atoms with E-state index in [0.717, 1.165) is 27.8 Å². The number of benzene rings is 1. The number of nitrogens with zero attached hydrogens (tertiary/aromatic N) is 3. The molecular formula is C19H20N4O2S. The number of aryl methyl sites for hydroxylation is 2. The monoisotopic (exact) mass is 368 g/mol. The van der Waals surface area contributed by atoms with Crippen molar-refractivity contribution in [2.45, 2.75) is 13.0 Å². The summed E-state index contributed by atoms with van der Waals surface area (Å²) >= 11 is 1.55. The van der Waals surface area contributed by atoms with Crippen LogP contribution in [0.1, 0.15) is 28.1 Å². The number of aromatic nitrogens is 3. The van der Waals surface area contributed by atoms with E-state index in [9.17, 15) is 4.79 Å². The van der Waals surface area contributed by atoms with E-state index in [1.54, 1.807) is 30.7 Å². The summed E-state index contributed by atoms with van der Waals surface area (Å²) in [7, 11) is 3.52. The molecule has 0 fully saturated rings. The van der Waals surface area contributed by atoms with Gasteiger partial charge in [0.2, 0.25) is 5.91 Å². The third-order valence-corrected chi connectivity index (χ3v) is 4.66. The van der Waals surface area contributed by atoms with E-state index in [4.69, 9.17) is 4.74 Å². The highest BCUT2D eigenvalue weighted by Crippen LogP contribution is 2.24. The van der Waals surface area contributed by atoms with Crippen molar-refractivity contribution in [3.63, 3.8) is 0 Å². The maximum absolute atomic E-state index is 12.5. The van der Waals surface area contributed by atoms with Crippen LogP contribution in [0, 0.1) is 6.92 Å². The molecule has 1 unspecified atom stereocenters. The van der Waals surface area contributed by atoms with Crippen LogP contribution in [0.4, 0.5) is 0 Å². The Kier molecular flexibility index (Phi) is 5.48. The number of nitrogens with one attached hydrogen (secondary N) is 1. The first-order valence-corrected chi connectivity index (χ1v) is 8.96. The van der Waals surface area contributed by atoms with Crippen LogP contribution >= 0.6 is 11.3 Å². The van der Waals surface area contributed by atoms with Gasteiger partial charge >= 0.3 is 0 Å². The first kappa shape index (κ1) is 17.9. The molecule has 0 aliphatic heterocycles. The fourth-order valence-electron chi connectivity index (χ4n) is 2.58. The second-order valence-electron chi connectivity index (χ2n) is 5.74. The standard InChI is InChI=1S/C19H20N4O2S/c1-13-21-15(12-26-13)7-8-17(24)22-18(19-20-9-10-23(19)2)14-5-4-6-16(11-14)25-3/h4-12,18H,1-3H3,(H,22,24)/b8-7+. The predicted molar refractivity (Wildman–Crippen MR) is 102 cm³/mol. The van der Waals surface area contributed by atoms with E-state index in [0.29, 0.717) is 0 Å². The molecule has 1 amide bonds. The zero-order valence-electron chi connectivity index (χ0n) is 14.8. The summed E-state index contributed by atoms with van der Waals surface area (Å²) < 4.78 is 7.19. The molecule has 0 aliphatic carbocycles. The lowest BCUT2D eigenvalue weighted by Crippen LogP contribution is -2.29. The highest BCUT2D eigenvalue weighted by atomic mass is 32.1. The van der Waals surface area contributed by atoms with Crippen LogP contribution in [0.3, 0.4) is 0 Å². The SMILES string of the molecule is COc1cccc(C(NC(=O)/C=C/c2csc(C)n2)c2nccn2C)c1. The van der Waals surface area contributed by atoms with Gasteiger partial charge in [0, 0.05) is 30.9 Å². The number of methoxy groups -OCH3 is 1. The topological polar surface area (TPSA) is 69.0 Å². The Morgan fingerprint density at radius 2 is 2.27 bits per heavy atom. The first-order chi connectivity index (χ1) is 12.6. The summed E-state index contributed by atoms with van der Waals surface area (Å²) in [5.74, 6) is 1.25. The predicted octanol–water partition coefficient (Wildman–Crippen LogP) is 3.11. The van der Waals surface area contributed by atoms with Crippen molar-refractivity contribution < 1.29 is 9.53 Å². The average molecular weight is 368 g/mol. The maximum atomic E-state index is 12.5. The van der Waals surface area contributed by atoms with Gasteiger partial charge in [-0.05, 0) is 30.7 Å². The summed E-state index contributed by atoms with van der Waals surface area (Å²) in [5, 5.41) is 5.90. The molecule has 0 aliphatic rings. The van der Waals surface area contributed by atoms with Gasteiger partial charge in [-0.1, -0.05) is 12.1 Å². The van der Waals surface area contributed by atoms with Gasteiger partial charge in [-0.15, -0.1) is 11.3 Å². The van der Waals surface area contributed by atoms with Crippen molar-refractivity contribution in [1.82, 2.24) is 19.9 Å². The van der Waals surface area contributed by atoms with Crippen LogP contribution in [0.2, 0.25) is 0 Å². The van der Waals surface area contributed by atoms with Gasteiger partial charge in [-0.25, -0.2) is 9.97 Å². The fourth-order valence-corrected chi connectivity index (χ4v) is 3.16. The minimum atomic E-state index is -0.389. The summed E-state index contributed by atoms with van der Waals surface area (Å²) in [6, 6.07) is 7.21. The minimum absolute atomic E-state index is 0.216. The lowest BCUT2D eigenvalue weighted by molar-refractivity contribution is -0.117. The quantitative estimate of drug-likeness (QED) is 0.679. The van der Waals surface area contributed by atoms with E-state index in [-0.39, 0.29) is 11.9 Å². The molecule has 1 aromatic carbocycles. The van der Waals surface area contributed by atoms with Gasteiger partial charge < -0.3 is 14.6 Å². The molecule has 1 N–H and O–H groups in total. The first-order valence-electron chi connectivity index (χ1n) is 8.08. The molecule has 0 saturated heterocycles. The van der Waals surface area contributed by atoms with Crippen LogP contribution in [0.15, 0.2) is 48.1 Å². The van der Waals surface area contributed by atoms with Crippen LogP contribution in [0.5, 0.6) is 5.75 Å². The van der Waals surface area contributed by atoms with Gasteiger partial charge in [0.1, 0.15) is 17.6 Å². The Hall–Kier alpha value is -2.93. The Morgan fingerprint density at radius 3 is 2.92 bits per heavy atom. The molecule has 2 aromatic heterocycles. The highest BCUT2D eigenvalue weighted by molar-refractivity contribution is 7.09. The number of imidazole rings is 1. The van der Waals surface area contributed by atoms with Gasteiger partial charge in [-0.2, -0.15) is 0 Å². The van der Waals surface area contributed by atoms with Crippen molar-refractivity contribution in [3.05, 3.63) is 70.2 Å². The van der Waals surface area contributed by atoms with Crippen molar-refractivity contribution in [1.29, 1.82) is 0 Å². The smallest absolute Gasteiger partial charge is 0.244 e. The molecule has 0 bridgehead atoms. The largest absolute Gasteiger partial charge is 0.497 e. The normalized spacial score (nSPS) is 12.3. The molecule has 0 saturated carbocycles. The Morgan fingerprint density at radius 1 is 1.42 bits per heavy atom. The lowest BCUT2D eigenvalue weighted by Gasteiger charge is -2.19. The van der Waals surface area contributed by atoms with E-state index in [1.165, 1.54) is 6.08 Å². The van der Waals surface area contributed by atoms with Crippen molar-refractivity contribution in [2.24, 2.45) is 7.05 Å². The average Bonchev–Trinajstić information content (AvgIpc) is 3.26. The minimum Gasteiger partial charge on any atom is -0.497 e. The number of hydrogen-bond donors (Lipinski definition) is 1. The van der Waals surface area contributed by atoms with Gasteiger partial charge in [0.05, 0.1) is 17.8 Å². The van der Waals surface area contributed by atoms with E-state index in [1.807, 2.05) is 54.4 Å². The molecule has 26 heavy (non-hydrogen) atoms. The third kappa shape index (κ3) is 4.18. The Bertz CT molecular complexity index is 929. The summed E-state index contributed by atoms with van der Waals surface area (Å²) in [6.45, 7) is 1.93. The number of amides is 1. The summed E-state index contributed by atoms with van der Waals surface area (Å²) in [4.78, 5) is 21.2. The molecule has 7 heteroatoms. The molecular weight excluding hydrogens is 348 g/mol. The van der Waals surface area contributed by atoms with Crippen LogP contribution < -0.4 is 10.1 Å². The fraction of sp³-hybridized carbons (Fsp3) is 0.211. The van der Waals surface area contributed by atoms with Crippen molar-refractivity contribution >= 4 is 23.3 Å². The van der Waals surface area contributed by atoms with Gasteiger partial charge in [0.25, 0.3) is 0 Å². The number of rotatable bonds is 6. The summed E-state index contributed by atoms with van der Waals surface area (Å²) in [6.07, 6.45) is 6.76. The molecule has 134 valence electrons. The Labute approximate surface area is 156 Å². The lowest BCUT2D eigenvalue weighted by atomic mass is 10.1. The molecule has 0 radical (unpaired) electrons. The molecule has 2 heterocycles. The second kappa shape index (κ2) is 7.97. The zero-order chi connectivity index (χ0) is 18.5. The molecule has 3 rings (SSSR count).